The highest BCUT2D eigenvalue weighted by atomic mass is 32.2. The van der Waals surface area contributed by atoms with E-state index in [1.165, 1.54) is 23.5 Å². The van der Waals surface area contributed by atoms with Gasteiger partial charge in [0.05, 0.1) is 31.2 Å². The number of hydrogen-bond acceptors (Lipinski definition) is 9. The number of amides is 1. The number of rotatable bonds is 8. The number of nitrogens with zero attached hydrogens (tertiary/aromatic N) is 4. The van der Waals surface area contributed by atoms with Gasteiger partial charge in [-0.25, -0.2) is 4.98 Å². The van der Waals surface area contributed by atoms with E-state index >= 15 is 0 Å². The summed E-state index contributed by atoms with van der Waals surface area (Å²) in [6.45, 7) is 2.25. The Morgan fingerprint density at radius 2 is 2.25 bits per heavy atom. The predicted octanol–water partition coefficient (Wildman–Crippen LogP) is 1.53. The van der Waals surface area contributed by atoms with E-state index in [-0.39, 0.29) is 12.0 Å². The molecule has 1 atom stereocenters. The molecule has 0 aromatic carbocycles. The average molecular weight is 447 g/mol. The lowest BCUT2D eigenvalue weighted by Crippen LogP contribution is -2.48. The molecule has 1 aromatic rings. The molecule has 0 saturated carbocycles. The number of ether oxygens (including phenoxy) is 3. The number of carbonyl (C=O) groups excluding carboxylic acids is 1. The Morgan fingerprint density at radius 3 is 2.93 bits per heavy atom. The van der Waals surface area contributed by atoms with Gasteiger partial charge in [0.2, 0.25) is 11.8 Å². The van der Waals surface area contributed by atoms with Gasteiger partial charge in [-0.15, -0.1) is 0 Å². The maximum atomic E-state index is 12.4. The highest BCUT2D eigenvalue weighted by molar-refractivity contribution is 8.23. The highest BCUT2D eigenvalue weighted by Gasteiger charge is 2.25. The Hall–Kier alpha value is -1.14. The van der Waals surface area contributed by atoms with Gasteiger partial charge in [-0.05, 0) is 6.26 Å². The van der Waals surface area contributed by atoms with Crippen molar-refractivity contribution >= 4 is 46.0 Å². The fourth-order valence-electron chi connectivity index (χ4n) is 2.41. The lowest BCUT2D eigenvalue weighted by molar-refractivity contribution is -0.137. The first-order chi connectivity index (χ1) is 13.4. The van der Waals surface area contributed by atoms with Gasteiger partial charge in [0.25, 0.3) is 0 Å². The van der Waals surface area contributed by atoms with Crippen LogP contribution in [0.3, 0.4) is 0 Å². The lowest BCUT2D eigenvalue weighted by Gasteiger charge is -2.32. The molecule has 1 saturated heterocycles. The zero-order chi connectivity index (χ0) is 20.5. The number of thioether (sulfide) groups is 2. The van der Waals surface area contributed by atoms with Gasteiger partial charge in [0, 0.05) is 33.8 Å². The van der Waals surface area contributed by atoms with Crippen LogP contribution in [0, 0.1) is 0 Å². The van der Waals surface area contributed by atoms with Gasteiger partial charge in [0.15, 0.2) is 5.16 Å². The molecular weight excluding hydrogens is 420 g/mol. The van der Waals surface area contributed by atoms with E-state index < -0.39 is 0 Å². The SMILES string of the molecule is COCc1cc(OCC2CN(C(=O)CSC(=S)N(C)C)CCO2)nc(SC)n1. The summed E-state index contributed by atoms with van der Waals surface area (Å²) < 4.78 is 17.4. The first kappa shape index (κ1) is 23.1. The molecular formula is C17H26N4O4S3. The maximum Gasteiger partial charge on any atom is 0.233 e. The van der Waals surface area contributed by atoms with Crippen LogP contribution in [0.4, 0.5) is 0 Å². The summed E-state index contributed by atoms with van der Waals surface area (Å²) in [6.07, 6.45) is 1.70. The Morgan fingerprint density at radius 1 is 1.46 bits per heavy atom. The summed E-state index contributed by atoms with van der Waals surface area (Å²) in [5, 5.41) is 0.625. The van der Waals surface area contributed by atoms with E-state index in [0.717, 1.165) is 5.69 Å². The minimum absolute atomic E-state index is 0.0524. The molecule has 156 valence electrons. The summed E-state index contributed by atoms with van der Waals surface area (Å²) in [7, 11) is 5.36. The second kappa shape index (κ2) is 11.8. The standard InChI is InChI=1S/C17H26N4O4S3/c1-20(2)17(26)28-11-15(22)21-5-6-24-13(8-21)10-25-14-7-12(9-23-3)18-16(19-14)27-4/h7,13H,5-6,8-11H2,1-4H3. The summed E-state index contributed by atoms with van der Waals surface area (Å²) >= 11 is 8.03. The first-order valence-corrected chi connectivity index (χ1v) is 11.3. The number of morpholine rings is 1. The Kier molecular flexibility index (Phi) is 9.72. The predicted molar refractivity (Wildman–Crippen MR) is 115 cm³/mol. The molecule has 2 rings (SSSR count). The zero-order valence-corrected chi connectivity index (χ0v) is 19.0. The number of hydrogen-bond donors (Lipinski definition) is 0. The number of methoxy groups -OCH3 is 1. The highest BCUT2D eigenvalue weighted by Crippen LogP contribution is 2.18. The van der Waals surface area contributed by atoms with Crippen molar-refractivity contribution in [3.05, 3.63) is 11.8 Å². The van der Waals surface area contributed by atoms with E-state index in [4.69, 9.17) is 26.4 Å². The van der Waals surface area contributed by atoms with E-state index in [1.807, 2.05) is 25.3 Å². The third-order valence-corrected chi connectivity index (χ3v) is 6.07. The van der Waals surface area contributed by atoms with Gasteiger partial charge in [-0.1, -0.05) is 35.7 Å². The minimum Gasteiger partial charge on any atom is -0.475 e. The molecule has 11 heteroatoms. The van der Waals surface area contributed by atoms with Crippen molar-refractivity contribution < 1.29 is 19.0 Å². The Labute approximate surface area is 179 Å². The molecule has 0 aliphatic carbocycles. The van der Waals surface area contributed by atoms with Crippen LogP contribution in [0.15, 0.2) is 11.2 Å². The zero-order valence-electron chi connectivity index (χ0n) is 16.5. The summed E-state index contributed by atoms with van der Waals surface area (Å²) in [5.41, 5.74) is 0.757. The van der Waals surface area contributed by atoms with Crippen LogP contribution >= 0.6 is 35.7 Å². The molecule has 0 N–H and O–H groups in total. The van der Waals surface area contributed by atoms with Crippen LogP contribution in [0.25, 0.3) is 0 Å². The van der Waals surface area contributed by atoms with Crippen LogP contribution in [-0.2, 0) is 20.9 Å². The molecule has 1 aliphatic rings. The molecule has 1 unspecified atom stereocenters. The fourth-order valence-corrected chi connectivity index (χ4v) is 3.66. The molecule has 8 nitrogen and oxygen atoms in total. The largest absolute Gasteiger partial charge is 0.475 e. The monoisotopic (exact) mass is 446 g/mol. The van der Waals surface area contributed by atoms with Crippen LogP contribution in [0.2, 0.25) is 0 Å². The molecule has 1 aromatic heterocycles. The van der Waals surface area contributed by atoms with E-state index in [0.29, 0.717) is 54.0 Å². The van der Waals surface area contributed by atoms with Crippen LogP contribution in [0.5, 0.6) is 5.88 Å². The third-order valence-electron chi connectivity index (χ3n) is 3.80. The molecule has 0 bridgehead atoms. The summed E-state index contributed by atoms with van der Waals surface area (Å²) in [6, 6.07) is 1.76. The normalized spacial score (nSPS) is 16.7. The third kappa shape index (κ3) is 7.36. The smallest absolute Gasteiger partial charge is 0.233 e. The lowest BCUT2D eigenvalue weighted by atomic mass is 10.3. The van der Waals surface area contributed by atoms with Crippen molar-refractivity contribution in [1.29, 1.82) is 0 Å². The Balaban J connectivity index is 1.87. The second-order valence-electron chi connectivity index (χ2n) is 6.21. The van der Waals surface area contributed by atoms with Gasteiger partial charge in [-0.3, -0.25) is 4.79 Å². The minimum atomic E-state index is -0.206. The van der Waals surface area contributed by atoms with Crippen molar-refractivity contribution in [3.8, 4) is 5.88 Å². The second-order valence-corrected chi connectivity index (χ2v) is 8.59. The summed E-state index contributed by atoms with van der Waals surface area (Å²) in [4.78, 5) is 24.8. The Bertz CT molecular complexity index is 678. The fraction of sp³-hybridized carbons (Fsp3) is 0.647. The molecule has 28 heavy (non-hydrogen) atoms. The van der Waals surface area contributed by atoms with E-state index in [2.05, 4.69) is 9.97 Å². The molecule has 1 amide bonds. The van der Waals surface area contributed by atoms with Crippen molar-refractivity contribution in [1.82, 2.24) is 19.8 Å². The molecule has 1 aliphatic heterocycles. The number of aromatic nitrogens is 2. The topological polar surface area (TPSA) is 77.0 Å². The van der Waals surface area contributed by atoms with Crippen molar-refractivity contribution in [2.45, 2.75) is 17.9 Å². The van der Waals surface area contributed by atoms with E-state index in [1.54, 1.807) is 18.1 Å². The van der Waals surface area contributed by atoms with Crippen molar-refractivity contribution in [2.24, 2.45) is 0 Å². The van der Waals surface area contributed by atoms with Crippen LogP contribution in [0.1, 0.15) is 5.69 Å². The molecule has 0 radical (unpaired) electrons. The first-order valence-electron chi connectivity index (χ1n) is 8.70. The average Bonchev–Trinajstić information content (AvgIpc) is 2.70. The van der Waals surface area contributed by atoms with Gasteiger partial charge >= 0.3 is 0 Å². The van der Waals surface area contributed by atoms with E-state index in [9.17, 15) is 4.79 Å². The van der Waals surface area contributed by atoms with Crippen LogP contribution < -0.4 is 4.74 Å². The van der Waals surface area contributed by atoms with Gasteiger partial charge in [0.1, 0.15) is 17.0 Å². The van der Waals surface area contributed by atoms with Gasteiger partial charge < -0.3 is 24.0 Å². The molecule has 1 fully saturated rings. The van der Waals surface area contributed by atoms with Crippen LogP contribution in [-0.4, -0.2) is 95.6 Å². The number of carbonyl (C=O) groups is 1. The maximum absolute atomic E-state index is 12.4. The van der Waals surface area contributed by atoms with Gasteiger partial charge in [-0.2, -0.15) is 4.98 Å². The summed E-state index contributed by atoms with van der Waals surface area (Å²) in [5.74, 6) is 0.857. The van der Waals surface area contributed by atoms with Crippen molar-refractivity contribution in [3.63, 3.8) is 0 Å². The quantitative estimate of drug-likeness (QED) is 0.333. The molecule has 0 spiro atoms. The molecule has 2 heterocycles. The number of thiocarbonyl (C=S) groups is 1. The van der Waals surface area contributed by atoms with Crippen molar-refractivity contribution in [2.75, 3.05) is 59.5 Å².